The highest BCUT2D eigenvalue weighted by molar-refractivity contribution is 9.11. The summed E-state index contributed by atoms with van der Waals surface area (Å²) in [6, 6.07) is 5.73. The summed E-state index contributed by atoms with van der Waals surface area (Å²) < 4.78 is 1.86. The van der Waals surface area contributed by atoms with Gasteiger partial charge in [-0.25, -0.2) is 0 Å². The van der Waals surface area contributed by atoms with Crippen LogP contribution in [0.2, 0.25) is 0 Å². The van der Waals surface area contributed by atoms with Crippen LogP contribution < -0.4 is 5.73 Å². The molecule has 0 aliphatic rings. The number of carbonyl (C=O) groups is 1. The van der Waals surface area contributed by atoms with Gasteiger partial charge in [-0.3, -0.25) is 4.79 Å². The van der Waals surface area contributed by atoms with Gasteiger partial charge in [-0.1, -0.05) is 6.07 Å². The number of halogens is 3. The van der Waals surface area contributed by atoms with Gasteiger partial charge in [0.25, 0.3) is 0 Å². The average molecular weight is 315 g/mol. The molecule has 2 N–H and O–H groups in total. The first-order chi connectivity index (χ1) is 5.63. The van der Waals surface area contributed by atoms with Gasteiger partial charge in [0, 0.05) is 8.95 Å². The number of hydrogen-bond acceptors (Lipinski definition) is 2. The summed E-state index contributed by atoms with van der Waals surface area (Å²) in [7, 11) is 0. The minimum absolute atomic E-state index is 0.222. The van der Waals surface area contributed by atoms with Crippen molar-refractivity contribution in [3.05, 3.63) is 27.1 Å². The van der Waals surface area contributed by atoms with Crippen LogP contribution in [-0.2, 0) is 4.79 Å². The normalized spacial score (nSPS) is 8.25. The van der Waals surface area contributed by atoms with Crippen molar-refractivity contribution in [2.24, 2.45) is 0 Å². The van der Waals surface area contributed by atoms with Crippen LogP contribution in [0.5, 0.6) is 0 Å². The Morgan fingerprint density at radius 2 is 1.67 bits per heavy atom. The van der Waals surface area contributed by atoms with Crippen LogP contribution in [0.25, 0.3) is 0 Å². The van der Waals surface area contributed by atoms with Crippen molar-refractivity contribution in [1.29, 1.82) is 0 Å². The zero-order chi connectivity index (χ0) is 9.56. The summed E-state index contributed by atoms with van der Waals surface area (Å²) in [5.74, 6) is 0.222. The molecule has 0 aliphatic carbocycles. The van der Waals surface area contributed by atoms with Gasteiger partial charge in [0.2, 0.25) is 5.75 Å². The Morgan fingerprint density at radius 3 is 1.92 bits per heavy atom. The van der Waals surface area contributed by atoms with Gasteiger partial charge in [-0.2, -0.15) is 0 Å². The molecule has 12 heavy (non-hydrogen) atoms. The number of anilines is 1. The molecule has 1 aromatic carbocycles. The number of benzene rings is 1. The second kappa shape index (κ2) is 6.46. The predicted molar refractivity (Wildman–Crippen MR) is 58.9 cm³/mol. The lowest BCUT2D eigenvalue weighted by molar-refractivity contribution is 0.569. The van der Waals surface area contributed by atoms with Crippen LogP contribution in [0.1, 0.15) is 0 Å². The molecule has 0 saturated carbocycles. The van der Waals surface area contributed by atoms with Gasteiger partial charge in [-0.05, 0) is 55.6 Å². The zero-order valence-corrected chi connectivity index (χ0v) is 9.86. The molecule has 66 valence electrons. The summed E-state index contributed by atoms with van der Waals surface area (Å²) in [5, 5.41) is 0. The monoisotopic (exact) mass is 313 g/mol. The maximum absolute atomic E-state index is 8.57. The molecule has 0 bridgehead atoms. The zero-order valence-electron chi connectivity index (χ0n) is 5.93. The smallest absolute Gasteiger partial charge is 0.208 e. The van der Waals surface area contributed by atoms with Crippen molar-refractivity contribution in [2.75, 3.05) is 5.73 Å². The second-order valence-electron chi connectivity index (χ2n) is 1.72. The Hall–Kier alpha value is -0.0600. The third-order valence-electron chi connectivity index (χ3n) is 1.000. The fourth-order valence-electron chi connectivity index (χ4n) is 0.511. The molecule has 0 fully saturated rings. The molecule has 0 amide bonds. The molecule has 1 rings (SSSR count). The van der Waals surface area contributed by atoms with E-state index in [1.807, 2.05) is 18.2 Å². The number of hydrogen-bond donors (Lipinski definition) is 1. The van der Waals surface area contributed by atoms with Gasteiger partial charge in [0.05, 0.1) is 5.69 Å². The maximum Gasteiger partial charge on any atom is 0.208 e. The van der Waals surface area contributed by atoms with Gasteiger partial charge < -0.3 is 5.73 Å². The first-order valence-corrected chi connectivity index (χ1v) is 4.89. The van der Waals surface area contributed by atoms with E-state index in [4.69, 9.17) is 10.5 Å². The van der Waals surface area contributed by atoms with Gasteiger partial charge in [0.1, 0.15) is 0 Å². The Bertz CT molecular complexity index is 247. The minimum atomic E-state index is 0.222. The first-order valence-electron chi connectivity index (χ1n) is 2.86. The van der Waals surface area contributed by atoms with Crippen molar-refractivity contribution in [2.45, 2.75) is 0 Å². The quantitative estimate of drug-likeness (QED) is 0.454. The number of para-hydroxylation sites is 1. The van der Waals surface area contributed by atoms with E-state index in [1.165, 1.54) is 0 Å². The van der Waals surface area contributed by atoms with E-state index in [-0.39, 0.29) is 5.75 Å². The summed E-state index contributed by atoms with van der Waals surface area (Å²) in [5.41, 5.74) is 6.34. The molecular formula is C7H6Br2ClNO. The maximum atomic E-state index is 8.57. The van der Waals surface area contributed by atoms with Crippen LogP contribution in [0, 0.1) is 0 Å². The first kappa shape index (κ1) is 11.9. The molecule has 0 radical (unpaired) electrons. The number of carbonyl (C=O) groups excluding carboxylic acids is 1. The molecule has 0 heterocycles. The highest BCUT2D eigenvalue weighted by atomic mass is 79.9. The molecule has 1 aromatic rings. The molecular weight excluding hydrogens is 309 g/mol. The summed E-state index contributed by atoms with van der Waals surface area (Å²) in [4.78, 5) is 8.57. The van der Waals surface area contributed by atoms with Crippen molar-refractivity contribution in [3.8, 4) is 0 Å². The highest BCUT2D eigenvalue weighted by Gasteiger charge is 1.96. The predicted octanol–water partition coefficient (Wildman–Crippen LogP) is 3.21. The van der Waals surface area contributed by atoms with Crippen molar-refractivity contribution < 1.29 is 4.79 Å². The standard InChI is InChI=1S/C6H5Br2N.CHClO/c7-4-2-1-3-5(8)6(4)9;2-1-3/h1-3H,9H2;1H. The van der Waals surface area contributed by atoms with Crippen molar-refractivity contribution >= 4 is 54.9 Å². The Labute approximate surface area is 92.3 Å². The molecule has 0 unspecified atom stereocenters. The Balaban J connectivity index is 0.000000354. The fraction of sp³-hybridized carbons (Fsp3) is 0. The van der Waals surface area contributed by atoms with E-state index in [9.17, 15) is 0 Å². The van der Waals surface area contributed by atoms with Gasteiger partial charge in [0.15, 0.2) is 0 Å². The van der Waals surface area contributed by atoms with Crippen LogP contribution in [0.4, 0.5) is 5.69 Å². The van der Waals surface area contributed by atoms with E-state index in [0.717, 1.165) is 14.6 Å². The third kappa shape index (κ3) is 4.09. The molecule has 2 nitrogen and oxygen atoms in total. The molecule has 5 heteroatoms. The van der Waals surface area contributed by atoms with Crippen LogP contribution >= 0.6 is 43.5 Å². The van der Waals surface area contributed by atoms with Crippen LogP contribution in [0.3, 0.4) is 0 Å². The van der Waals surface area contributed by atoms with Gasteiger partial charge >= 0.3 is 0 Å². The second-order valence-corrected chi connectivity index (χ2v) is 3.61. The Morgan fingerprint density at radius 1 is 1.33 bits per heavy atom. The van der Waals surface area contributed by atoms with Gasteiger partial charge in [-0.15, -0.1) is 0 Å². The topological polar surface area (TPSA) is 43.1 Å². The average Bonchev–Trinajstić information content (AvgIpc) is 2.02. The number of nitrogens with two attached hydrogens (primary N) is 1. The lowest BCUT2D eigenvalue weighted by atomic mass is 10.3. The highest BCUT2D eigenvalue weighted by Crippen LogP contribution is 2.26. The third-order valence-corrected chi connectivity index (χ3v) is 2.38. The van der Waals surface area contributed by atoms with E-state index in [1.54, 1.807) is 0 Å². The molecule has 0 aromatic heterocycles. The molecule has 0 aliphatic heterocycles. The summed E-state index contributed by atoms with van der Waals surface area (Å²) >= 11 is 10.9. The lowest BCUT2D eigenvalue weighted by Gasteiger charge is -1.97. The summed E-state index contributed by atoms with van der Waals surface area (Å²) in [6.07, 6.45) is 0. The van der Waals surface area contributed by atoms with Crippen LogP contribution in [-0.4, -0.2) is 5.75 Å². The molecule has 0 saturated heterocycles. The van der Waals surface area contributed by atoms with E-state index in [0.29, 0.717) is 0 Å². The van der Waals surface area contributed by atoms with Crippen molar-refractivity contribution in [3.63, 3.8) is 0 Å². The van der Waals surface area contributed by atoms with E-state index in [2.05, 4.69) is 43.5 Å². The number of nitrogen functional groups attached to an aromatic ring is 1. The lowest BCUT2D eigenvalue weighted by Crippen LogP contribution is -1.86. The number of rotatable bonds is 0. The fourth-order valence-corrected chi connectivity index (χ4v) is 1.51. The largest absolute Gasteiger partial charge is 0.397 e. The van der Waals surface area contributed by atoms with E-state index < -0.39 is 0 Å². The Kier molecular flexibility index (Phi) is 6.42. The minimum Gasteiger partial charge on any atom is -0.397 e. The molecule has 0 atom stereocenters. The van der Waals surface area contributed by atoms with Crippen LogP contribution in [0.15, 0.2) is 27.1 Å². The SMILES string of the molecule is Nc1c(Br)cccc1Br.O=CCl. The molecule has 0 spiro atoms. The summed E-state index contributed by atoms with van der Waals surface area (Å²) in [6.45, 7) is 0. The van der Waals surface area contributed by atoms with Crippen molar-refractivity contribution in [1.82, 2.24) is 0 Å². The van der Waals surface area contributed by atoms with E-state index >= 15 is 0 Å².